The normalized spacial score (nSPS) is 10.3. The molecule has 0 unspecified atom stereocenters. The first kappa shape index (κ1) is 19.6. The molecule has 0 fully saturated rings. The number of methoxy groups -OCH3 is 1. The van der Waals surface area contributed by atoms with Gasteiger partial charge in [0.2, 0.25) is 0 Å². The summed E-state index contributed by atoms with van der Waals surface area (Å²) in [5.41, 5.74) is 7.62. The number of nitrogens with one attached hydrogen (secondary N) is 1. The number of nitrogens with two attached hydrogens (primary N) is 1. The van der Waals surface area contributed by atoms with Gasteiger partial charge in [0.1, 0.15) is 0 Å². The second kappa shape index (κ2) is 8.57. The van der Waals surface area contributed by atoms with Crippen molar-refractivity contribution >= 4 is 33.5 Å². The van der Waals surface area contributed by atoms with Gasteiger partial charge in [-0.05, 0) is 58.2 Å². The van der Waals surface area contributed by atoms with Crippen LogP contribution in [0.25, 0.3) is 0 Å². The number of benzene rings is 2. The van der Waals surface area contributed by atoms with Crippen LogP contribution < -0.4 is 20.5 Å². The van der Waals surface area contributed by atoms with Gasteiger partial charge in [0.05, 0.1) is 17.1 Å². The highest BCUT2D eigenvalue weighted by molar-refractivity contribution is 9.10. The van der Waals surface area contributed by atoms with E-state index in [4.69, 9.17) is 15.2 Å². The molecule has 0 heterocycles. The van der Waals surface area contributed by atoms with Gasteiger partial charge in [0.25, 0.3) is 5.91 Å². The van der Waals surface area contributed by atoms with Crippen molar-refractivity contribution in [1.29, 1.82) is 0 Å². The van der Waals surface area contributed by atoms with Crippen molar-refractivity contribution in [2.45, 2.75) is 13.5 Å². The molecule has 0 aromatic heterocycles. The van der Waals surface area contributed by atoms with E-state index in [1.165, 1.54) is 7.11 Å². The lowest BCUT2D eigenvalue weighted by molar-refractivity contribution is -0.119. The molecule has 2 aromatic rings. The van der Waals surface area contributed by atoms with Crippen LogP contribution in [-0.2, 0) is 11.3 Å². The van der Waals surface area contributed by atoms with Crippen molar-refractivity contribution in [3.05, 3.63) is 51.5 Å². The topological polar surface area (TPSA) is 111 Å². The van der Waals surface area contributed by atoms with Crippen molar-refractivity contribution in [3.63, 3.8) is 0 Å². The van der Waals surface area contributed by atoms with Crippen LogP contribution in [0.4, 0.5) is 5.69 Å². The fourth-order valence-corrected chi connectivity index (χ4v) is 3.02. The quantitative estimate of drug-likeness (QED) is 0.602. The number of anilines is 1. The Kier molecular flexibility index (Phi) is 6.46. The summed E-state index contributed by atoms with van der Waals surface area (Å²) >= 11 is 3.40. The third kappa shape index (κ3) is 4.66. The average Bonchev–Trinajstić information content (AvgIpc) is 2.58. The molecule has 0 atom stereocenters. The Morgan fingerprint density at radius 3 is 2.65 bits per heavy atom. The Bertz CT molecular complexity index is 839. The maximum atomic E-state index is 11.2. The summed E-state index contributed by atoms with van der Waals surface area (Å²) in [5.74, 6) is -0.711. The maximum absolute atomic E-state index is 11.2. The first-order valence-corrected chi connectivity index (χ1v) is 8.47. The monoisotopic (exact) mass is 422 g/mol. The van der Waals surface area contributed by atoms with Crippen molar-refractivity contribution < 1.29 is 24.2 Å². The number of carbonyl (C=O) groups is 2. The van der Waals surface area contributed by atoms with Gasteiger partial charge in [-0.25, -0.2) is 4.79 Å². The second-order valence-corrected chi connectivity index (χ2v) is 6.36. The summed E-state index contributed by atoms with van der Waals surface area (Å²) in [6.45, 7) is 1.94. The van der Waals surface area contributed by atoms with Gasteiger partial charge in [-0.15, -0.1) is 0 Å². The van der Waals surface area contributed by atoms with Gasteiger partial charge in [0, 0.05) is 12.2 Å². The van der Waals surface area contributed by atoms with Gasteiger partial charge in [0.15, 0.2) is 18.1 Å². The number of carboxylic acids is 1. The van der Waals surface area contributed by atoms with E-state index in [2.05, 4.69) is 21.2 Å². The van der Waals surface area contributed by atoms with Crippen LogP contribution in [0, 0.1) is 6.92 Å². The van der Waals surface area contributed by atoms with E-state index >= 15 is 0 Å². The highest BCUT2D eigenvalue weighted by atomic mass is 79.9. The van der Waals surface area contributed by atoms with E-state index in [0.717, 1.165) is 11.3 Å². The summed E-state index contributed by atoms with van der Waals surface area (Å²) < 4.78 is 11.3. The third-order valence-electron chi connectivity index (χ3n) is 3.70. The molecule has 0 aliphatic carbocycles. The Balaban J connectivity index is 2.20. The van der Waals surface area contributed by atoms with Crippen LogP contribution in [0.5, 0.6) is 11.5 Å². The second-order valence-electron chi connectivity index (χ2n) is 5.50. The highest BCUT2D eigenvalue weighted by Crippen LogP contribution is 2.37. The SMILES string of the molecule is COc1cc(CNc2cccc(C(=O)O)c2C)cc(Br)c1OCC(N)=O. The summed E-state index contributed by atoms with van der Waals surface area (Å²) in [6, 6.07) is 8.66. The molecule has 4 N–H and O–H groups in total. The number of rotatable bonds is 8. The molecule has 2 aromatic carbocycles. The summed E-state index contributed by atoms with van der Waals surface area (Å²) in [5, 5.41) is 12.4. The number of carbonyl (C=O) groups excluding carboxylic acids is 1. The lowest BCUT2D eigenvalue weighted by atomic mass is 10.1. The minimum atomic E-state index is -0.966. The fraction of sp³-hybridized carbons (Fsp3) is 0.222. The van der Waals surface area contributed by atoms with E-state index in [9.17, 15) is 14.7 Å². The third-order valence-corrected chi connectivity index (χ3v) is 4.28. The molecule has 8 heteroatoms. The lowest BCUT2D eigenvalue weighted by Crippen LogP contribution is -2.20. The molecule has 7 nitrogen and oxygen atoms in total. The van der Waals surface area contributed by atoms with Gasteiger partial charge < -0.3 is 25.6 Å². The Labute approximate surface area is 159 Å². The van der Waals surface area contributed by atoms with Crippen molar-refractivity contribution in [1.82, 2.24) is 0 Å². The number of hydrogen-bond donors (Lipinski definition) is 3. The Morgan fingerprint density at radius 1 is 1.31 bits per heavy atom. The number of hydrogen-bond acceptors (Lipinski definition) is 5. The minimum absolute atomic E-state index is 0.254. The van der Waals surface area contributed by atoms with Crippen LogP contribution in [0.1, 0.15) is 21.5 Å². The van der Waals surface area contributed by atoms with Crippen LogP contribution >= 0.6 is 15.9 Å². The van der Waals surface area contributed by atoms with E-state index in [0.29, 0.717) is 28.1 Å². The lowest BCUT2D eigenvalue weighted by Gasteiger charge is -2.15. The molecule has 26 heavy (non-hydrogen) atoms. The van der Waals surface area contributed by atoms with Gasteiger partial charge in [-0.1, -0.05) is 6.07 Å². The van der Waals surface area contributed by atoms with Crippen LogP contribution in [0.15, 0.2) is 34.8 Å². The first-order valence-electron chi connectivity index (χ1n) is 7.67. The number of aromatic carboxylic acids is 1. The molecule has 1 amide bonds. The summed E-state index contributed by atoms with van der Waals surface area (Å²) in [7, 11) is 1.50. The summed E-state index contributed by atoms with van der Waals surface area (Å²) in [6.07, 6.45) is 0. The van der Waals surface area contributed by atoms with Crippen molar-refractivity contribution in [3.8, 4) is 11.5 Å². The predicted octanol–water partition coefficient (Wildman–Crippen LogP) is 2.94. The summed E-state index contributed by atoms with van der Waals surface area (Å²) in [4.78, 5) is 22.1. The molecule has 0 saturated heterocycles. The smallest absolute Gasteiger partial charge is 0.336 e. The van der Waals surface area contributed by atoms with Gasteiger partial charge in [-0.3, -0.25) is 4.79 Å². The van der Waals surface area contributed by atoms with E-state index < -0.39 is 11.9 Å². The fourth-order valence-electron chi connectivity index (χ4n) is 2.41. The molecule has 2 rings (SSSR count). The Hall–Kier alpha value is -2.74. The number of amides is 1. The molecular formula is C18H19BrN2O5. The van der Waals surface area contributed by atoms with Crippen molar-refractivity contribution in [2.75, 3.05) is 19.0 Å². The van der Waals surface area contributed by atoms with Crippen molar-refractivity contribution in [2.24, 2.45) is 5.73 Å². The van der Waals surface area contributed by atoms with Gasteiger partial charge in [-0.2, -0.15) is 0 Å². The van der Waals surface area contributed by atoms with Crippen LogP contribution in [-0.4, -0.2) is 30.7 Å². The number of carboxylic acid groups (broad SMARTS) is 1. The molecule has 0 bridgehead atoms. The van der Waals surface area contributed by atoms with Gasteiger partial charge >= 0.3 is 5.97 Å². The molecule has 138 valence electrons. The van der Waals surface area contributed by atoms with E-state index in [-0.39, 0.29) is 12.2 Å². The number of halogens is 1. The van der Waals surface area contributed by atoms with E-state index in [1.54, 1.807) is 25.1 Å². The average molecular weight is 423 g/mol. The largest absolute Gasteiger partial charge is 0.493 e. The number of primary amides is 1. The molecule has 0 spiro atoms. The van der Waals surface area contributed by atoms with Crippen LogP contribution in [0.2, 0.25) is 0 Å². The highest BCUT2D eigenvalue weighted by Gasteiger charge is 2.14. The zero-order valence-electron chi connectivity index (χ0n) is 14.3. The molecule has 0 aliphatic rings. The minimum Gasteiger partial charge on any atom is -0.493 e. The Morgan fingerprint density at radius 2 is 2.04 bits per heavy atom. The molecule has 0 aliphatic heterocycles. The van der Waals surface area contributed by atoms with Crippen LogP contribution in [0.3, 0.4) is 0 Å². The predicted molar refractivity (Wildman–Crippen MR) is 101 cm³/mol. The van der Waals surface area contributed by atoms with E-state index in [1.807, 2.05) is 12.1 Å². The molecule has 0 radical (unpaired) electrons. The zero-order chi connectivity index (χ0) is 19.3. The zero-order valence-corrected chi connectivity index (χ0v) is 15.9. The molecular weight excluding hydrogens is 404 g/mol. The maximum Gasteiger partial charge on any atom is 0.336 e. The first-order chi connectivity index (χ1) is 12.3. The number of ether oxygens (including phenoxy) is 2. The standard InChI is InChI=1S/C18H19BrN2O5/c1-10-12(18(23)24)4-3-5-14(10)21-8-11-6-13(19)17(15(7-11)25-2)26-9-16(20)22/h3-7,21H,8-9H2,1-2H3,(H2,20,22)(H,23,24). The molecule has 0 saturated carbocycles.